The van der Waals surface area contributed by atoms with E-state index in [9.17, 15) is 9.59 Å². The lowest BCUT2D eigenvalue weighted by atomic mass is 10.3. The second kappa shape index (κ2) is 7.44. The Morgan fingerprint density at radius 3 is 2.52 bits per heavy atom. The van der Waals surface area contributed by atoms with Gasteiger partial charge in [0.1, 0.15) is 5.75 Å². The maximum atomic E-state index is 11.7. The van der Waals surface area contributed by atoms with Crippen molar-refractivity contribution in [3.8, 4) is 5.75 Å². The zero-order chi connectivity index (χ0) is 15.1. The molecule has 0 atom stereocenters. The predicted octanol–water partition coefficient (Wildman–Crippen LogP) is 2.05. The molecule has 0 aliphatic rings. The fourth-order valence-corrected chi connectivity index (χ4v) is 2.40. The van der Waals surface area contributed by atoms with E-state index >= 15 is 0 Å². The highest BCUT2D eigenvalue weighted by atomic mass is 32.1. The van der Waals surface area contributed by atoms with E-state index in [0.29, 0.717) is 12.1 Å². The number of ether oxygens (including phenoxy) is 1. The molecule has 0 radical (unpaired) electrons. The van der Waals surface area contributed by atoms with Gasteiger partial charge in [-0.15, -0.1) is 11.3 Å². The van der Waals surface area contributed by atoms with Crippen LogP contribution >= 0.6 is 11.3 Å². The van der Waals surface area contributed by atoms with Gasteiger partial charge in [0.05, 0.1) is 20.1 Å². The van der Waals surface area contributed by atoms with Crippen molar-refractivity contribution in [1.29, 1.82) is 0 Å². The van der Waals surface area contributed by atoms with Crippen LogP contribution in [0.15, 0.2) is 41.8 Å². The number of benzene rings is 1. The van der Waals surface area contributed by atoms with Gasteiger partial charge >= 0.3 is 0 Å². The number of thiophene rings is 1. The first-order valence-corrected chi connectivity index (χ1v) is 7.28. The second-order valence-corrected chi connectivity index (χ2v) is 5.34. The lowest BCUT2D eigenvalue weighted by molar-refractivity contribution is -0.123. The summed E-state index contributed by atoms with van der Waals surface area (Å²) in [6.07, 6.45) is 0.299. The molecule has 0 aliphatic carbocycles. The summed E-state index contributed by atoms with van der Waals surface area (Å²) in [5, 5.41) is 7.21. The van der Waals surface area contributed by atoms with Crippen molar-refractivity contribution in [2.75, 3.05) is 19.0 Å². The predicted molar refractivity (Wildman–Crippen MR) is 82.7 cm³/mol. The molecule has 5 nitrogen and oxygen atoms in total. The Morgan fingerprint density at radius 1 is 1.14 bits per heavy atom. The number of carbonyl (C=O) groups excluding carboxylic acids is 2. The number of nitrogens with one attached hydrogen (secondary N) is 2. The standard InChI is InChI=1S/C15H16N2O3S/c1-20-12-6-4-11(5-7-12)17-15(19)10-16-14(18)9-13-3-2-8-21-13/h2-8H,9-10H2,1H3,(H,16,18)(H,17,19). The molecule has 2 N–H and O–H groups in total. The van der Waals surface area contributed by atoms with Crippen LogP contribution < -0.4 is 15.4 Å². The maximum Gasteiger partial charge on any atom is 0.243 e. The van der Waals surface area contributed by atoms with Crippen LogP contribution in [-0.2, 0) is 16.0 Å². The zero-order valence-electron chi connectivity index (χ0n) is 11.6. The van der Waals surface area contributed by atoms with E-state index in [4.69, 9.17) is 4.74 Å². The molecule has 0 unspecified atom stereocenters. The van der Waals surface area contributed by atoms with E-state index in [-0.39, 0.29) is 18.4 Å². The van der Waals surface area contributed by atoms with Crippen molar-refractivity contribution in [1.82, 2.24) is 5.32 Å². The molecule has 2 rings (SSSR count). The van der Waals surface area contributed by atoms with Crippen LogP contribution in [0, 0.1) is 0 Å². The fraction of sp³-hybridized carbons (Fsp3) is 0.200. The number of carbonyl (C=O) groups is 2. The smallest absolute Gasteiger partial charge is 0.243 e. The molecular formula is C15H16N2O3S. The van der Waals surface area contributed by atoms with Crippen molar-refractivity contribution < 1.29 is 14.3 Å². The summed E-state index contributed by atoms with van der Waals surface area (Å²) >= 11 is 1.52. The molecule has 0 bridgehead atoms. The minimum atomic E-state index is -0.264. The van der Waals surface area contributed by atoms with E-state index in [2.05, 4.69) is 10.6 Å². The van der Waals surface area contributed by atoms with Gasteiger partial charge in [-0.3, -0.25) is 9.59 Å². The van der Waals surface area contributed by atoms with E-state index < -0.39 is 0 Å². The number of hydrogen-bond acceptors (Lipinski definition) is 4. The second-order valence-electron chi connectivity index (χ2n) is 4.31. The highest BCUT2D eigenvalue weighted by Gasteiger charge is 2.07. The van der Waals surface area contributed by atoms with E-state index in [0.717, 1.165) is 10.6 Å². The van der Waals surface area contributed by atoms with E-state index in [1.807, 2.05) is 17.5 Å². The quantitative estimate of drug-likeness (QED) is 0.858. The van der Waals surface area contributed by atoms with Crippen molar-refractivity contribution in [3.63, 3.8) is 0 Å². The SMILES string of the molecule is COc1ccc(NC(=O)CNC(=O)Cc2cccs2)cc1. The van der Waals surface area contributed by atoms with Gasteiger partial charge in [-0.2, -0.15) is 0 Å². The van der Waals surface area contributed by atoms with Gasteiger partial charge in [0.15, 0.2) is 0 Å². The molecule has 1 aromatic heterocycles. The minimum absolute atomic E-state index is 0.0454. The van der Waals surface area contributed by atoms with Gasteiger partial charge in [0.25, 0.3) is 0 Å². The number of anilines is 1. The van der Waals surface area contributed by atoms with Gasteiger partial charge < -0.3 is 15.4 Å². The first-order valence-electron chi connectivity index (χ1n) is 6.40. The summed E-state index contributed by atoms with van der Waals surface area (Å²) < 4.78 is 5.03. The molecule has 110 valence electrons. The molecule has 21 heavy (non-hydrogen) atoms. The highest BCUT2D eigenvalue weighted by molar-refractivity contribution is 7.10. The van der Waals surface area contributed by atoms with Crippen molar-refractivity contribution >= 4 is 28.8 Å². The summed E-state index contributed by atoms with van der Waals surface area (Å²) in [4.78, 5) is 24.3. The molecule has 1 aromatic carbocycles. The van der Waals surface area contributed by atoms with Crippen molar-refractivity contribution in [2.24, 2.45) is 0 Å². The number of rotatable bonds is 6. The van der Waals surface area contributed by atoms with Gasteiger partial charge in [-0.1, -0.05) is 6.07 Å². The Kier molecular flexibility index (Phi) is 5.34. The first kappa shape index (κ1) is 15.1. The van der Waals surface area contributed by atoms with Crippen LogP contribution in [-0.4, -0.2) is 25.5 Å². The van der Waals surface area contributed by atoms with Crippen LogP contribution in [0.1, 0.15) is 4.88 Å². The average molecular weight is 304 g/mol. The summed E-state index contributed by atoms with van der Waals surface area (Å²) in [5.41, 5.74) is 0.660. The summed E-state index contributed by atoms with van der Waals surface area (Å²) in [6.45, 7) is -0.0454. The number of methoxy groups -OCH3 is 1. The molecule has 1 heterocycles. The molecule has 6 heteroatoms. The third-order valence-electron chi connectivity index (χ3n) is 2.73. The minimum Gasteiger partial charge on any atom is -0.497 e. The lowest BCUT2D eigenvalue weighted by Gasteiger charge is -2.07. The molecule has 2 aromatic rings. The summed E-state index contributed by atoms with van der Waals surface area (Å²) in [5.74, 6) is 0.291. The Morgan fingerprint density at radius 2 is 1.90 bits per heavy atom. The lowest BCUT2D eigenvalue weighted by Crippen LogP contribution is -2.33. The third kappa shape index (κ3) is 4.92. The fourth-order valence-electron chi connectivity index (χ4n) is 1.69. The third-order valence-corrected chi connectivity index (χ3v) is 3.61. The van der Waals surface area contributed by atoms with Crippen molar-refractivity contribution in [2.45, 2.75) is 6.42 Å². The Labute approximate surface area is 126 Å². The maximum absolute atomic E-state index is 11.7. The number of amides is 2. The first-order chi connectivity index (χ1) is 10.2. The molecule has 0 saturated heterocycles. The Hall–Kier alpha value is -2.34. The van der Waals surface area contributed by atoms with Crippen LogP contribution in [0.25, 0.3) is 0 Å². The van der Waals surface area contributed by atoms with Crippen LogP contribution in [0.5, 0.6) is 5.75 Å². The molecule has 2 amide bonds. The van der Waals surface area contributed by atoms with E-state index in [1.165, 1.54) is 11.3 Å². The molecular weight excluding hydrogens is 288 g/mol. The van der Waals surface area contributed by atoms with Gasteiger partial charge in [0, 0.05) is 10.6 Å². The van der Waals surface area contributed by atoms with Crippen LogP contribution in [0.4, 0.5) is 5.69 Å². The van der Waals surface area contributed by atoms with E-state index in [1.54, 1.807) is 31.4 Å². The summed E-state index contributed by atoms with van der Waals surface area (Å²) in [6, 6.07) is 10.8. The van der Waals surface area contributed by atoms with Gasteiger partial charge in [-0.05, 0) is 35.7 Å². The monoisotopic (exact) mass is 304 g/mol. The largest absolute Gasteiger partial charge is 0.497 e. The molecule has 0 saturated carbocycles. The zero-order valence-corrected chi connectivity index (χ0v) is 12.4. The molecule has 0 fully saturated rings. The Balaban J connectivity index is 1.75. The number of hydrogen-bond donors (Lipinski definition) is 2. The average Bonchev–Trinajstić information content (AvgIpc) is 2.99. The van der Waals surface area contributed by atoms with Crippen LogP contribution in [0.3, 0.4) is 0 Å². The van der Waals surface area contributed by atoms with Gasteiger partial charge in [-0.25, -0.2) is 0 Å². The highest BCUT2D eigenvalue weighted by Crippen LogP contribution is 2.14. The topological polar surface area (TPSA) is 67.4 Å². The molecule has 0 aliphatic heterocycles. The summed E-state index contributed by atoms with van der Waals surface area (Å²) in [7, 11) is 1.58. The molecule has 0 spiro atoms. The normalized spacial score (nSPS) is 9.95. The van der Waals surface area contributed by atoms with Crippen molar-refractivity contribution in [3.05, 3.63) is 46.7 Å². The van der Waals surface area contributed by atoms with Crippen LogP contribution in [0.2, 0.25) is 0 Å². The Bertz CT molecular complexity index is 594. The van der Waals surface area contributed by atoms with Gasteiger partial charge in [0.2, 0.25) is 11.8 Å².